The second-order valence-corrected chi connectivity index (χ2v) is 6.72. The van der Waals surface area contributed by atoms with Crippen LogP contribution in [0.15, 0.2) is 45.3 Å². The number of fused-ring (bicyclic) bond motifs is 1. The van der Waals surface area contributed by atoms with Gasteiger partial charge in [-0.3, -0.25) is 4.57 Å². The molecule has 3 rings (SSSR count). The van der Waals surface area contributed by atoms with Crippen molar-refractivity contribution < 1.29 is 0 Å². The van der Waals surface area contributed by atoms with Crippen LogP contribution >= 0.6 is 43.5 Å². The Hall–Kier alpha value is -0.840. The number of benzene rings is 2. The SMILES string of the molecule is Cc1cc(Br)cc(-n2c(CCl)nc3cc(Br)ccc32)c1. The number of halogens is 3. The van der Waals surface area contributed by atoms with Gasteiger partial charge in [0.15, 0.2) is 0 Å². The third-order valence-electron chi connectivity index (χ3n) is 3.09. The molecule has 2 aromatic carbocycles. The van der Waals surface area contributed by atoms with E-state index in [9.17, 15) is 0 Å². The number of rotatable bonds is 2. The molecule has 0 amide bonds. The third kappa shape index (κ3) is 2.52. The topological polar surface area (TPSA) is 17.8 Å². The minimum Gasteiger partial charge on any atom is -0.295 e. The molecule has 0 spiro atoms. The van der Waals surface area contributed by atoms with Gasteiger partial charge in [0.2, 0.25) is 0 Å². The Morgan fingerprint density at radius 3 is 2.60 bits per heavy atom. The van der Waals surface area contributed by atoms with Gasteiger partial charge in [-0.15, -0.1) is 11.6 Å². The second kappa shape index (κ2) is 5.51. The van der Waals surface area contributed by atoms with Gasteiger partial charge in [0, 0.05) is 14.6 Å². The van der Waals surface area contributed by atoms with Crippen LogP contribution in [-0.4, -0.2) is 9.55 Å². The molecule has 0 fully saturated rings. The maximum absolute atomic E-state index is 6.07. The highest BCUT2D eigenvalue weighted by Gasteiger charge is 2.12. The molecule has 20 heavy (non-hydrogen) atoms. The van der Waals surface area contributed by atoms with Crippen molar-refractivity contribution in [2.45, 2.75) is 12.8 Å². The molecular weight excluding hydrogens is 403 g/mol. The first-order valence-electron chi connectivity index (χ1n) is 6.09. The summed E-state index contributed by atoms with van der Waals surface area (Å²) in [5.41, 5.74) is 4.25. The van der Waals surface area contributed by atoms with Crippen molar-refractivity contribution in [3.05, 3.63) is 56.7 Å². The average molecular weight is 415 g/mol. The largest absolute Gasteiger partial charge is 0.295 e. The van der Waals surface area contributed by atoms with E-state index in [1.165, 1.54) is 5.56 Å². The molecule has 0 aliphatic carbocycles. The van der Waals surface area contributed by atoms with Crippen LogP contribution in [0.25, 0.3) is 16.7 Å². The summed E-state index contributed by atoms with van der Waals surface area (Å²) in [7, 11) is 0. The molecule has 0 saturated heterocycles. The van der Waals surface area contributed by atoms with E-state index < -0.39 is 0 Å². The molecule has 102 valence electrons. The van der Waals surface area contributed by atoms with Crippen molar-refractivity contribution in [3.8, 4) is 5.69 Å². The van der Waals surface area contributed by atoms with E-state index in [-0.39, 0.29) is 0 Å². The minimum atomic E-state index is 0.373. The van der Waals surface area contributed by atoms with Gasteiger partial charge in [0.25, 0.3) is 0 Å². The number of nitrogens with zero attached hydrogens (tertiary/aromatic N) is 2. The van der Waals surface area contributed by atoms with Crippen LogP contribution in [-0.2, 0) is 5.88 Å². The van der Waals surface area contributed by atoms with E-state index in [0.717, 1.165) is 31.5 Å². The fraction of sp³-hybridized carbons (Fsp3) is 0.133. The van der Waals surface area contributed by atoms with Crippen molar-refractivity contribution in [1.29, 1.82) is 0 Å². The van der Waals surface area contributed by atoms with Gasteiger partial charge >= 0.3 is 0 Å². The van der Waals surface area contributed by atoms with Crippen molar-refractivity contribution in [2.24, 2.45) is 0 Å². The number of imidazole rings is 1. The maximum Gasteiger partial charge on any atom is 0.129 e. The average Bonchev–Trinajstić information content (AvgIpc) is 2.74. The lowest BCUT2D eigenvalue weighted by molar-refractivity contribution is 0.979. The lowest BCUT2D eigenvalue weighted by Crippen LogP contribution is -1.99. The predicted molar refractivity (Wildman–Crippen MR) is 90.8 cm³/mol. The lowest BCUT2D eigenvalue weighted by atomic mass is 10.2. The van der Waals surface area contributed by atoms with Gasteiger partial charge in [-0.25, -0.2) is 4.98 Å². The highest BCUT2D eigenvalue weighted by Crippen LogP contribution is 2.27. The summed E-state index contributed by atoms with van der Waals surface area (Å²) in [6.07, 6.45) is 0. The summed E-state index contributed by atoms with van der Waals surface area (Å²) in [6, 6.07) is 12.4. The number of aromatic nitrogens is 2. The lowest BCUT2D eigenvalue weighted by Gasteiger charge is -2.09. The summed E-state index contributed by atoms with van der Waals surface area (Å²) in [4.78, 5) is 4.61. The summed E-state index contributed by atoms with van der Waals surface area (Å²) in [6.45, 7) is 2.07. The number of aryl methyl sites for hydroxylation is 1. The van der Waals surface area contributed by atoms with Crippen LogP contribution in [0.4, 0.5) is 0 Å². The van der Waals surface area contributed by atoms with E-state index in [2.05, 4.69) is 72.6 Å². The Balaban J connectivity index is 2.33. The number of hydrogen-bond donors (Lipinski definition) is 0. The molecule has 0 saturated carbocycles. The van der Waals surface area contributed by atoms with Gasteiger partial charge in [-0.05, 0) is 48.9 Å². The van der Waals surface area contributed by atoms with Crippen LogP contribution in [0.1, 0.15) is 11.4 Å². The van der Waals surface area contributed by atoms with Crippen LogP contribution < -0.4 is 0 Å². The van der Waals surface area contributed by atoms with E-state index in [1.54, 1.807) is 0 Å². The van der Waals surface area contributed by atoms with Gasteiger partial charge in [-0.1, -0.05) is 31.9 Å². The van der Waals surface area contributed by atoms with E-state index in [0.29, 0.717) is 5.88 Å². The summed E-state index contributed by atoms with van der Waals surface area (Å²) in [5.74, 6) is 1.22. The minimum absolute atomic E-state index is 0.373. The fourth-order valence-electron chi connectivity index (χ4n) is 2.33. The smallest absolute Gasteiger partial charge is 0.129 e. The molecule has 0 atom stereocenters. The van der Waals surface area contributed by atoms with E-state index in [1.807, 2.05) is 12.1 Å². The number of hydrogen-bond acceptors (Lipinski definition) is 1. The first-order chi connectivity index (χ1) is 9.58. The van der Waals surface area contributed by atoms with Gasteiger partial charge in [0.1, 0.15) is 5.82 Å². The van der Waals surface area contributed by atoms with E-state index >= 15 is 0 Å². The maximum atomic E-state index is 6.07. The van der Waals surface area contributed by atoms with Gasteiger partial charge in [-0.2, -0.15) is 0 Å². The van der Waals surface area contributed by atoms with Crippen molar-refractivity contribution in [2.75, 3.05) is 0 Å². The first-order valence-corrected chi connectivity index (χ1v) is 8.21. The van der Waals surface area contributed by atoms with Crippen molar-refractivity contribution >= 4 is 54.5 Å². The zero-order valence-corrected chi connectivity index (χ0v) is 14.6. The zero-order chi connectivity index (χ0) is 14.3. The quantitative estimate of drug-likeness (QED) is 0.499. The third-order valence-corrected chi connectivity index (χ3v) is 4.28. The first kappa shape index (κ1) is 14.1. The molecule has 3 aromatic rings. The predicted octanol–water partition coefficient (Wildman–Crippen LogP) is 5.60. The summed E-state index contributed by atoms with van der Waals surface area (Å²) >= 11 is 13.1. The molecule has 0 bridgehead atoms. The summed E-state index contributed by atoms with van der Waals surface area (Å²) in [5, 5.41) is 0. The van der Waals surface area contributed by atoms with E-state index in [4.69, 9.17) is 11.6 Å². The molecule has 2 nitrogen and oxygen atoms in total. The van der Waals surface area contributed by atoms with Crippen molar-refractivity contribution in [3.63, 3.8) is 0 Å². The Morgan fingerprint density at radius 2 is 1.90 bits per heavy atom. The van der Waals surface area contributed by atoms with Crippen LogP contribution in [0.3, 0.4) is 0 Å². The second-order valence-electron chi connectivity index (χ2n) is 4.62. The molecule has 0 unspecified atom stereocenters. The van der Waals surface area contributed by atoms with Crippen LogP contribution in [0.5, 0.6) is 0 Å². The highest BCUT2D eigenvalue weighted by atomic mass is 79.9. The molecule has 0 aliphatic heterocycles. The highest BCUT2D eigenvalue weighted by molar-refractivity contribution is 9.10. The molecule has 1 aromatic heterocycles. The van der Waals surface area contributed by atoms with Crippen LogP contribution in [0, 0.1) is 6.92 Å². The van der Waals surface area contributed by atoms with Crippen molar-refractivity contribution in [1.82, 2.24) is 9.55 Å². The Morgan fingerprint density at radius 1 is 1.10 bits per heavy atom. The molecule has 1 heterocycles. The fourth-order valence-corrected chi connectivity index (χ4v) is 3.45. The molecule has 0 aliphatic rings. The zero-order valence-electron chi connectivity index (χ0n) is 10.7. The van der Waals surface area contributed by atoms with Crippen LogP contribution in [0.2, 0.25) is 0 Å². The molecule has 5 heteroatoms. The number of alkyl halides is 1. The Bertz CT molecular complexity index is 776. The molecule has 0 radical (unpaired) electrons. The summed E-state index contributed by atoms with van der Waals surface area (Å²) < 4.78 is 4.17. The van der Waals surface area contributed by atoms with Gasteiger partial charge in [0.05, 0.1) is 16.9 Å². The Kier molecular flexibility index (Phi) is 3.89. The van der Waals surface area contributed by atoms with Gasteiger partial charge < -0.3 is 0 Å². The normalized spacial score (nSPS) is 11.2. The monoisotopic (exact) mass is 412 g/mol. The molecule has 0 N–H and O–H groups in total. The molecular formula is C15H11Br2ClN2. The Labute approximate surface area is 139 Å². The standard InChI is InChI=1S/C15H11Br2ClN2/c1-9-4-11(17)6-12(5-9)20-14-3-2-10(16)7-13(14)19-15(20)8-18/h2-7H,8H2,1H3.